The predicted octanol–water partition coefficient (Wildman–Crippen LogP) is 8.67. The topological polar surface area (TPSA) is 152 Å². The number of nitrogens with zero attached hydrogens (tertiary/aromatic N) is 2. The van der Waals surface area contributed by atoms with E-state index < -0.39 is 17.8 Å². The van der Waals surface area contributed by atoms with E-state index in [0.29, 0.717) is 20.3 Å². The fourth-order valence-corrected chi connectivity index (χ4v) is 4.04. The van der Waals surface area contributed by atoms with Crippen molar-refractivity contribution < 1.29 is 34.0 Å². The van der Waals surface area contributed by atoms with Crippen molar-refractivity contribution in [3.63, 3.8) is 0 Å². The third-order valence-electron chi connectivity index (χ3n) is 4.76. The minimum atomic E-state index is -1.07. The van der Waals surface area contributed by atoms with Gasteiger partial charge >= 0.3 is 11.9 Å². The standard InChI is InChI=1S/C14H7BrClNO3.C7H3BrFN.C7H5ClO3/c15-10-2-1-3-12(9(10)7-17)20-13-5-4-8(14(18)19)6-11(13)16;8-6-2-1-3-7(9)5(6)4-10;8-5-3-4(7(10)11)1-2-6(5)9/h1-6H,(H,18,19);1-3H;1-3,9H,(H,10,11). The van der Waals surface area contributed by atoms with Gasteiger partial charge in [-0.3, -0.25) is 0 Å². The summed E-state index contributed by atoms with van der Waals surface area (Å²) in [5, 5.41) is 43.9. The summed E-state index contributed by atoms with van der Waals surface area (Å²) in [4.78, 5) is 21.1. The van der Waals surface area contributed by atoms with Crippen molar-refractivity contribution in [2.45, 2.75) is 0 Å². The highest BCUT2D eigenvalue weighted by Crippen LogP contribution is 2.34. The summed E-state index contributed by atoms with van der Waals surface area (Å²) >= 11 is 17.7. The number of nitriles is 2. The molecule has 0 heterocycles. The lowest BCUT2D eigenvalue weighted by Gasteiger charge is -2.10. The Labute approximate surface area is 259 Å². The van der Waals surface area contributed by atoms with Gasteiger partial charge in [-0.05, 0) is 92.5 Å². The van der Waals surface area contributed by atoms with Gasteiger partial charge in [0.2, 0.25) is 0 Å². The molecule has 0 radical (unpaired) electrons. The highest BCUT2D eigenvalue weighted by Gasteiger charge is 2.12. The molecule has 0 unspecified atom stereocenters. The van der Waals surface area contributed by atoms with Crippen LogP contribution in [0.4, 0.5) is 4.39 Å². The second kappa shape index (κ2) is 15.6. The number of rotatable bonds is 4. The molecule has 4 rings (SSSR count). The Bertz CT molecular complexity index is 1670. The van der Waals surface area contributed by atoms with Crippen molar-refractivity contribution >= 4 is 67.0 Å². The number of aromatic carboxylic acids is 2. The molecule has 8 nitrogen and oxygen atoms in total. The van der Waals surface area contributed by atoms with E-state index in [4.69, 9.17) is 53.8 Å². The zero-order valence-corrected chi connectivity index (χ0v) is 25.0. The third kappa shape index (κ3) is 9.48. The Balaban J connectivity index is 0.000000236. The zero-order chi connectivity index (χ0) is 30.7. The number of halogens is 5. The van der Waals surface area contributed by atoms with Gasteiger partial charge in [-0.15, -0.1) is 0 Å². The molecule has 0 aliphatic carbocycles. The first kappa shape index (κ1) is 33.1. The molecule has 0 amide bonds. The molecule has 0 aromatic heterocycles. The quantitative estimate of drug-likeness (QED) is 0.189. The number of phenolic OH excluding ortho intramolecular Hbond substituents is 1. The molecule has 0 atom stereocenters. The Hall–Kier alpha value is -4.13. The molecule has 0 saturated carbocycles. The summed E-state index contributed by atoms with van der Waals surface area (Å²) in [6, 6.07) is 21.1. The summed E-state index contributed by atoms with van der Waals surface area (Å²) in [6.07, 6.45) is 0. The van der Waals surface area contributed by atoms with Crippen LogP contribution in [0.1, 0.15) is 31.8 Å². The SMILES string of the molecule is N#Cc1c(Br)cccc1Oc1ccc(C(=O)O)cc1Cl.N#Cc1c(F)cccc1Br.O=C(O)c1ccc(O)c(Cl)c1. The van der Waals surface area contributed by atoms with Gasteiger partial charge in [0.05, 0.1) is 21.2 Å². The van der Waals surface area contributed by atoms with E-state index >= 15 is 0 Å². The number of hydrogen-bond acceptors (Lipinski definition) is 6. The normalized spacial score (nSPS) is 9.54. The van der Waals surface area contributed by atoms with Crippen molar-refractivity contribution in [2.24, 2.45) is 0 Å². The number of hydrogen-bond donors (Lipinski definition) is 3. The van der Waals surface area contributed by atoms with E-state index in [1.54, 1.807) is 36.4 Å². The molecule has 4 aromatic carbocycles. The average Bonchev–Trinajstić information content (AvgIpc) is 2.92. The second-order valence-electron chi connectivity index (χ2n) is 7.46. The van der Waals surface area contributed by atoms with Crippen molar-refractivity contribution in [3.8, 4) is 29.4 Å². The largest absolute Gasteiger partial charge is 0.506 e. The number of carboxylic acids is 2. The first-order valence-corrected chi connectivity index (χ1v) is 13.2. The minimum absolute atomic E-state index is 0.0462. The van der Waals surface area contributed by atoms with Crippen LogP contribution in [-0.2, 0) is 0 Å². The van der Waals surface area contributed by atoms with Crippen LogP contribution in [0.5, 0.6) is 17.2 Å². The molecule has 0 spiro atoms. The van der Waals surface area contributed by atoms with Crippen LogP contribution in [0.3, 0.4) is 0 Å². The molecule has 208 valence electrons. The fraction of sp³-hybridized carbons (Fsp3) is 0. The van der Waals surface area contributed by atoms with E-state index in [-0.39, 0.29) is 38.2 Å². The molecule has 3 N–H and O–H groups in total. The number of ether oxygens (including phenoxy) is 1. The highest BCUT2D eigenvalue weighted by molar-refractivity contribution is 9.10. The maximum Gasteiger partial charge on any atom is 0.335 e. The van der Waals surface area contributed by atoms with Crippen molar-refractivity contribution in [1.82, 2.24) is 0 Å². The van der Waals surface area contributed by atoms with Crippen LogP contribution in [-0.4, -0.2) is 27.3 Å². The molecule has 13 heteroatoms. The van der Waals surface area contributed by atoms with Crippen LogP contribution in [0.15, 0.2) is 81.7 Å². The fourth-order valence-electron chi connectivity index (χ4n) is 2.78. The monoisotopic (exact) mass is 722 g/mol. The Morgan fingerprint density at radius 2 is 1.27 bits per heavy atom. The van der Waals surface area contributed by atoms with Gasteiger partial charge in [-0.25, -0.2) is 14.0 Å². The van der Waals surface area contributed by atoms with Gasteiger partial charge in [-0.1, -0.05) is 35.3 Å². The molecule has 41 heavy (non-hydrogen) atoms. The minimum Gasteiger partial charge on any atom is -0.506 e. The van der Waals surface area contributed by atoms with Crippen LogP contribution in [0, 0.1) is 28.5 Å². The van der Waals surface area contributed by atoms with E-state index in [9.17, 15) is 14.0 Å². The van der Waals surface area contributed by atoms with Crippen LogP contribution in [0.2, 0.25) is 10.0 Å². The summed E-state index contributed by atoms with van der Waals surface area (Å²) in [6.45, 7) is 0. The van der Waals surface area contributed by atoms with Crippen LogP contribution in [0.25, 0.3) is 0 Å². The molecule has 4 aromatic rings. The maximum absolute atomic E-state index is 12.6. The van der Waals surface area contributed by atoms with Crippen molar-refractivity contribution in [3.05, 3.63) is 120 Å². The van der Waals surface area contributed by atoms with Gasteiger partial charge in [0.1, 0.15) is 46.3 Å². The van der Waals surface area contributed by atoms with E-state index in [0.717, 1.165) is 0 Å². The third-order valence-corrected chi connectivity index (χ3v) is 6.67. The number of aromatic hydroxyl groups is 1. The summed E-state index contributed by atoms with van der Waals surface area (Å²) < 4.78 is 19.3. The number of benzene rings is 4. The molecule has 0 aliphatic heterocycles. The Morgan fingerprint density at radius 1 is 0.756 bits per heavy atom. The number of phenols is 1. The molecule has 0 saturated heterocycles. The number of carboxylic acid groups (broad SMARTS) is 2. The second-order valence-corrected chi connectivity index (χ2v) is 9.98. The first-order valence-electron chi connectivity index (χ1n) is 10.8. The number of carbonyl (C=O) groups is 2. The lowest BCUT2D eigenvalue weighted by molar-refractivity contribution is 0.0686. The lowest BCUT2D eigenvalue weighted by Crippen LogP contribution is -1.96. The smallest absolute Gasteiger partial charge is 0.335 e. The lowest BCUT2D eigenvalue weighted by atomic mass is 10.2. The van der Waals surface area contributed by atoms with E-state index in [1.807, 2.05) is 6.07 Å². The first-order chi connectivity index (χ1) is 19.4. The van der Waals surface area contributed by atoms with Crippen molar-refractivity contribution in [1.29, 1.82) is 10.5 Å². The average molecular weight is 725 g/mol. The molecule has 0 fully saturated rings. The molecular weight excluding hydrogens is 710 g/mol. The Kier molecular flexibility index (Phi) is 12.6. The highest BCUT2D eigenvalue weighted by atomic mass is 79.9. The van der Waals surface area contributed by atoms with Gasteiger partial charge < -0.3 is 20.1 Å². The maximum atomic E-state index is 12.6. The van der Waals surface area contributed by atoms with Gasteiger partial charge in [-0.2, -0.15) is 10.5 Å². The van der Waals surface area contributed by atoms with Gasteiger partial charge in [0, 0.05) is 8.95 Å². The van der Waals surface area contributed by atoms with Crippen LogP contribution < -0.4 is 4.74 Å². The zero-order valence-electron chi connectivity index (χ0n) is 20.3. The molecule has 0 bridgehead atoms. The van der Waals surface area contributed by atoms with Crippen molar-refractivity contribution in [2.75, 3.05) is 0 Å². The summed E-state index contributed by atoms with van der Waals surface area (Å²) in [5.41, 5.74) is 0.526. The molecule has 0 aliphatic rings. The van der Waals surface area contributed by atoms with Gasteiger partial charge in [0.25, 0.3) is 0 Å². The predicted molar refractivity (Wildman–Crippen MR) is 156 cm³/mol. The van der Waals surface area contributed by atoms with Crippen LogP contribution >= 0.6 is 55.1 Å². The van der Waals surface area contributed by atoms with E-state index in [1.165, 1.54) is 42.5 Å². The molecular formula is C28H15Br2Cl2FN2O6. The summed E-state index contributed by atoms with van der Waals surface area (Å²) in [7, 11) is 0. The van der Waals surface area contributed by atoms with Gasteiger partial charge in [0.15, 0.2) is 0 Å². The Morgan fingerprint density at radius 3 is 1.73 bits per heavy atom. The summed E-state index contributed by atoms with van der Waals surface area (Å²) in [5.74, 6) is -2.11. The van der Waals surface area contributed by atoms with E-state index in [2.05, 4.69) is 31.9 Å².